The first kappa shape index (κ1) is 16.8. The molecule has 1 heterocycles. The fourth-order valence-electron chi connectivity index (χ4n) is 2.64. The average Bonchev–Trinajstić information content (AvgIpc) is 3.12. The molecule has 0 bridgehead atoms. The Kier molecular flexibility index (Phi) is 5.36. The molecule has 124 valence electrons. The number of aryl methyl sites for hydroxylation is 1. The summed E-state index contributed by atoms with van der Waals surface area (Å²) in [6.07, 6.45) is 1.99. The highest BCUT2D eigenvalue weighted by Gasteiger charge is 2.28. The predicted octanol–water partition coefficient (Wildman–Crippen LogP) is 4.78. The molecule has 0 saturated carbocycles. The van der Waals surface area contributed by atoms with E-state index in [0.29, 0.717) is 11.6 Å². The van der Waals surface area contributed by atoms with Crippen molar-refractivity contribution in [1.82, 2.24) is 0 Å². The van der Waals surface area contributed by atoms with Crippen molar-refractivity contribution in [2.24, 2.45) is 4.99 Å². The third-order valence-corrected chi connectivity index (χ3v) is 5.28. The third-order valence-electron chi connectivity index (χ3n) is 4.19. The first-order valence-corrected chi connectivity index (χ1v) is 9.40. The average molecular weight is 338 g/mol. The lowest BCUT2D eigenvalue weighted by molar-refractivity contribution is 0.100. The Bertz CT molecular complexity index is 725. The first-order chi connectivity index (χ1) is 11.7. The van der Waals surface area contributed by atoms with E-state index in [1.165, 1.54) is 5.56 Å². The summed E-state index contributed by atoms with van der Waals surface area (Å²) < 4.78 is 0. The number of amides is 1. The fraction of sp³-hybridized carbons (Fsp3) is 0.300. The van der Waals surface area contributed by atoms with Crippen molar-refractivity contribution in [3.8, 4) is 0 Å². The van der Waals surface area contributed by atoms with Gasteiger partial charge in [-0.1, -0.05) is 55.9 Å². The van der Waals surface area contributed by atoms with Crippen LogP contribution in [0.25, 0.3) is 0 Å². The number of rotatable bonds is 4. The Morgan fingerprint density at radius 3 is 2.42 bits per heavy atom. The van der Waals surface area contributed by atoms with Crippen LogP contribution < -0.4 is 4.90 Å². The molecule has 0 unspecified atom stereocenters. The van der Waals surface area contributed by atoms with E-state index >= 15 is 0 Å². The van der Waals surface area contributed by atoms with E-state index in [1.54, 1.807) is 16.7 Å². The van der Waals surface area contributed by atoms with Gasteiger partial charge in [-0.25, -0.2) is 0 Å². The van der Waals surface area contributed by atoms with Gasteiger partial charge in [0.15, 0.2) is 5.17 Å². The van der Waals surface area contributed by atoms with Crippen LogP contribution >= 0.6 is 11.8 Å². The smallest absolute Gasteiger partial charge is 0.264 e. The minimum atomic E-state index is -0.0251. The minimum absolute atomic E-state index is 0.0251. The molecule has 3 rings (SSSR count). The SMILES string of the molecule is CCc1ccc(N(C(=O)c2ccccc2)C2=N[C@H](CC)CS2)cc1. The van der Waals surface area contributed by atoms with Gasteiger partial charge in [-0.05, 0) is 42.7 Å². The Labute approximate surface area is 147 Å². The Morgan fingerprint density at radius 1 is 1.12 bits per heavy atom. The molecule has 3 nitrogen and oxygen atoms in total. The Balaban J connectivity index is 1.99. The van der Waals surface area contributed by atoms with Gasteiger partial charge in [-0.2, -0.15) is 0 Å². The standard InChI is InChI=1S/C20H22N2OS/c1-3-15-10-12-18(13-11-15)22(20-21-17(4-2)14-24-20)19(23)16-8-6-5-7-9-16/h5-13,17H,3-4,14H2,1-2H3/t17-/m1/s1. The van der Waals surface area contributed by atoms with Gasteiger partial charge >= 0.3 is 0 Å². The second-order valence-electron chi connectivity index (χ2n) is 5.81. The molecule has 4 heteroatoms. The van der Waals surface area contributed by atoms with Crippen molar-refractivity contribution in [2.45, 2.75) is 32.7 Å². The van der Waals surface area contributed by atoms with Crippen LogP contribution in [0.3, 0.4) is 0 Å². The van der Waals surface area contributed by atoms with Crippen LogP contribution in [0.2, 0.25) is 0 Å². The molecule has 1 aliphatic heterocycles. The maximum absolute atomic E-state index is 13.1. The van der Waals surface area contributed by atoms with Gasteiger partial charge in [0.2, 0.25) is 0 Å². The molecule has 0 N–H and O–H groups in total. The lowest BCUT2D eigenvalue weighted by Crippen LogP contribution is -2.34. The number of benzene rings is 2. The third kappa shape index (κ3) is 3.54. The van der Waals surface area contributed by atoms with E-state index in [4.69, 9.17) is 4.99 Å². The van der Waals surface area contributed by atoms with Gasteiger partial charge < -0.3 is 0 Å². The van der Waals surface area contributed by atoms with E-state index in [2.05, 4.69) is 26.0 Å². The van der Waals surface area contributed by atoms with Crippen molar-refractivity contribution < 1.29 is 4.79 Å². The number of nitrogens with zero attached hydrogens (tertiary/aromatic N) is 2. The van der Waals surface area contributed by atoms with Gasteiger partial charge in [-0.15, -0.1) is 0 Å². The zero-order chi connectivity index (χ0) is 16.9. The minimum Gasteiger partial charge on any atom is -0.268 e. The van der Waals surface area contributed by atoms with Gasteiger partial charge in [-0.3, -0.25) is 14.7 Å². The van der Waals surface area contributed by atoms with E-state index in [1.807, 2.05) is 42.5 Å². The van der Waals surface area contributed by atoms with Crippen LogP contribution in [0.1, 0.15) is 36.2 Å². The number of aliphatic imine (C=N–C) groups is 1. The van der Waals surface area contributed by atoms with Gasteiger partial charge in [0.05, 0.1) is 11.7 Å². The molecule has 0 fully saturated rings. The topological polar surface area (TPSA) is 32.7 Å². The van der Waals surface area contributed by atoms with E-state index in [-0.39, 0.29) is 5.91 Å². The van der Waals surface area contributed by atoms with Crippen LogP contribution in [0, 0.1) is 0 Å². The quantitative estimate of drug-likeness (QED) is 0.804. The molecule has 0 aliphatic carbocycles. The number of hydrogen-bond acceptors (Lipinski definition) is 3. The zero-order valence-corrected chi connectivity index (χ0v) is 14.9. The molecule has 24 heavy (non-hydrogen) atoms. The molecule has 1 atom stereocenters. The summed E-state index contributed by atoms with van der Waals surface area (Å²) in [5.74, 6) is 0.917. The van der Waals surface area contributed by atoms with Gasteiger partial charge in [0, 0.05) is 11.3 Å². The molecule has 1 amide bonds. The molecule has 0 radical (unpaired) electrons. The van der Waals surface area contributed by atoms with Crippen LogP contribution in [0.15, 0.2) is 59.6 Å². The molecule has 1 aliphatic rings. The summed E-state index contributed by atoms with van der Waals surface area (Å²) in [5, 5.41) is 0.806. The Hall–Kier alpha value is -2.07. The van der Waals surface area contributed by atoms with Crippen molar-refractivity contribution >= 4 is 28.5 Å². The molecule has 2 aromatic rings. The summed E-state index contributed by atoms with van der Waals surface area (Å²) in [6, 6.07) is 17.9. The number of anilines is 1. The molecule has 2 aromatic carbocycles. The summed E-state index contributed by atoms with van der Waals surface area (Å²) in [4.78, 5) is 19.6. The van der Waals surface area contributed by atoms with Crippen LogP contribution in [0.5, 0.6) is 0 Å². The number of carbonyl (C=O) groups is 1. The monoisotopic (exact) mass is 338 g/mol. The molecule has 0 saturated heterocycles. The van der Waals surface area contributed by atoms with Crippen molar-refractivity contribution in [3.05, 3.63) is 65.7 Å². The van der Waals surface area contributed by atoms with Crippen LogP contribution in [-0.4, -0.2) is 22.9 Å². The fourth-order valence-corrected chi connectivity index (χ4v) is 3.83. The summed E-state index contributed by atoms with van der Waals surface area (Å²) in [7, 11) is 0. The molecular weight excluding hydrogens is 316 g/mol. The van der Waals surface area contributed by atoms with Gasteiger partial charge in [0.25, 0.3) is 5.91 Å². The summed E-state index contributed by atoms with van der Waals surface area (Å²) in [5.41, 5.74) is 2.82. The highest BCUT2D eigenvalue weighted by Crippen LogP contribution is 2.28. The van der Waals surface area contributed by atoms with E-state index < -0.39 is 0 Å². The van der Waals surface area contributed by atoms with Gasteiger partial charge in [0.1, 0.15) is 0 Å². The van der Waals surface area contributed by atoms with E-state index in [9.17, 15) is 4.79 Å². The van der Waals surface area contributed by atoms with Crippen molar-refractivity contribution in [3.63, 3.8) is 0 Å². The van der Waals surface area contributed by atoms with E-state index in [0.717, 1.165) is 29.4 Å². The molecular formula is C20H22N2OS. The Morgan fingerprint density at radius 2 is 1.83 bits per heavy atom. The molecule has 0 spiro atoms. The second kappa shape index (κ2) is 7.67. The lowest BCUT2D eigenvalue weighted by Gasteiger charge is -2.22. The van der Waals surface area contributed by atoms with Crippen molar-refractivity contribution in [1.29, 1.82) is 0 Å². The number of carbonyl (C=O) groups excluding carboxylic acids is 1. The number of amidine groups is 1. The van der Waals surface area contributed by atoms with Crippen molar-refractivity contribution in [2.75, 3.05) is 10.7 Å². The summed E-state index contributed by atoms with van der Waals surface area (Å²) >= 11 is 1.67. The maximum atomic E-state index is 13.1. The number of thioether (sulfide) groups is 1. The lowest BCUT2D eigenvalue weighted by atomic mass is 10.1. The predicted molar refractivity (Wildman–Crippen MR) is 103 cm³/mol. The molecule has 0 aromatic heterocycles. The first-order valence-electron chi connectivity index (χ1n) is 8.42. The highest BCUT2D eigenvalue weighted by molar-refractivity contribution is 8.14. The zero-order valence-electron chi connectivity index (χ0n) is 14.1. The largest absolute Gasteiger partial charge is 0.268 e. The summed E-state index contributed by atoms with van der Waals surface area (Å²) in [6.45, 7) is 4.27. The van der Waals surface area contributed by atoms with Crippen LogP contribution in [-0.2, 0) is 6.42 Å². The number of hydrogen-bond donors (Lipinski definition) is 0. The van der Waals surface area contributed by atoms with Crippen LogP contribution in [0.4, 0.5) is 5.69 Å². The normalized spacial score (nSPS) is 16.8. The maximum Gasteiger partial charge on any atom is 0.264 e. The second-order valence-corrected chi connectivity index (χ2v) is 6.80. The highest BCUT2D eigenvalue weighted by atomic mass is 32.2.